The summed E-state index contributed by atoms with van der Waals surface area (Å²) in [7, 11) is 0. The summed E-state index contributed by atoms with van der Waals surface area (Å²) in [6.07, 6.45) is 4.05. The second-order valence-corrected chi connectivity index (χ2v) is 4.65. The largest absolute Gasteiger partial charge is 0.375 e. The van der Waals surface area contributed by atoms with E-state index >= 15 is 0 Å². The molecule has 0 fully saturated rings. The summed E-state index contributed by atoms with van der Waals surface area (Å²) in [4.78, 5) is 23.8. The maximum atomic E-state index is 12.1. The average Bonchev–Trinajstić information content (AvgIpc) is 2.44. The molecule has 0 saturated carbocycles. The van der Waals surface area contributed by atoms with Crippen LogP contribution in [-0.2, 0) is 13.1 Å². The van der Waals surface area contributed by atoms with Gasteiger partial charge in [-0.05, 0) is 24.4 Å². The summed E-state index contributed by atoms with van der Waals surface area (Å²) in [6, 6.07) is 1.26. The second kappa shape index (κ2) is 8.63. The lowest BCUT2D eigenvalue weighted by atomic mass is 10.5. The molecule has 0 radical (unpaired) electrons. The number of nitrogens with one attached hydrogen (secondary N) is 2. The maximum Gasteiger partial charge on any atom is 0.331 e. The van der Waals surface area contributed by atoms with Gasteiger partial charge in [0.25, 0.3) is 5.56 Å². The van der Waals surface area contributed by atoms with Gasteiger partial charge in [-0.2, -0.15) is 10.2 Å². The molecule has 10 nitrogen and oxygen atoms in total. The minimum atomic E-state index is -0.518. The summed E-state index contributed by atoms with van der Waals surface area (Å²) in [5, 5.41) is 7.35. The van der Waals surface area contributed by atoms with Crippen molar-refractivity contribution in [2.75, 3.05) is 0 Å². The molecule has 118 valence electrons. The van der Waals surface area contributed by atoms with Gasteiger partial charge >= 0.3 is 5.69 Å². The molecule has 0 unspecified atom stereocenters. The molecular formula is C10H14N8O2S2. The topological polar surface area (TPSA) is 145 Å². The Morgan fingerprint density at radius 3 is 2.23 bits per heavy atom. The lowest BCUT2D eigenvalue weighted by Gasteiger charge is -2.05. The third kappa shape index (κ3) is 5.80. The Bertz CT molecular complexity index is 720. The summed E-state index contributed by atoms with van der Waals surface area (Å²) in [6.45, 7) is 0.105. The van der Waals surface area contributed by atoms with E-state index < -0.39 is 11.2 Å². The normalized spacial score (nSPS) is 10.9. The minimum Gasteiger partial charge on any atom is -0.375 e. The Morgan fingerprint density at radius 2 is 1.68 bits per heavy atom. The SMILES string of the molecule is NC(=S)NN=CCn1ccc(=O)n(CC=NNC(N)=S)c1=O. The van der Waals surface area contributed by atoms with Crippen LogP contribution in [0.5, 0.6) is 0 Å². The highest BCUT2D eigenvalue weighted by Crippen LogP contribution is 1.78. The van der Waals surface area contributed by atoms with Crippen LogP contribution in [0.4, 0.5) is 0 Å². The van der Waals surface area contributed by atoms with Gasteiger partial charge in [0, 0.05) is 24.7 Å². The highest BCUT2D eigenvalue weighted by molar-refractivity contribution is 7.80. The van der Waals surface area contributed by atoms with Crippen molar-refractivity contribution < 1.29 is 0 Å². The number of hydrazone groups is 2. The quantitative estimate of drug-likeness (QED) is 0.255. The number of nitrogens with two attached hydrogens (primary N) is 2. The predicted octanol–water partition coefficient (Wildman–Crippen LogP) is -2.35. The van der Waals surface area contributed by atoms with Crippen molar-refractivity contribution in [3.05, 3.63) is 33.1 Å². The summed E-state index contributed by atoms with van der Waals surface area (Å²) in [5.74, 6) is 0. The van der Waals surface area contributed by atoms with E-state index in [2.05, 4.69) is 45.5 Å². The van der Waals surface area contributed by atoms with E-state index in [4.69, 9.17) is 11.5 Å². The highest BCUT2D eigenvalue weighted by atomic mass is 32.1. The van der Waals surface area contributed by atoms with Crippen LogP contribution in [0.3, 0.4) is 0 Å². The van der Waals surface area contributed by atoms with Gasteiger partial charge in [0.05, 0.1) is 13.1 Å². The first-order chi connectivity index (χ1) is 10.4. The lowest BCUT2D eigenvalue weighted by Crippen LogP contribution is -2.39. The molecule has 0 spiro atoms. The first-order valence-corrected chi connectivity index (χ1v) is 6.67. The summed E-state index contributed by atoms with van der Waals surface area (Å²) < 4.78 is 2.26. The molecule has 22 heavy (non-hydrogen) atoms. The first kappa shape index (κ1) is 17.5. The fourth-order valence-corrected chi connectivity index (χ4v) is 1.44. The predicted molar refractivity (Wildman–Crippen MR) is 91.8 cm³/mol. The smallest absolute Gasteiger partial charge is 0.331 e. The molecule has 1 aromatic heterocycles. The van der Waals surface area contributed by atoms with Crippen LogP contribution in [-0.4, -0.2) is 31.8 Å². The van der Waals surface area contributed by atoms with E-state index in [1.807, 2.05) is 0 Å². The number of aromatic nitrogens is 2. The zero-order valence-corrected chi connectivity index (χ0v) is 12.9. The molecule has 0 aliphatic carbocycles. The van der Waals surface area contributed by atoms with Crippen molar-refractivity contribution in [2.24, 2.45) is 21.7 Å². The van der Waals surface area contributed by atoms with Crippen molar-refractivity contribution in [1.82, 2.24) is 20.0 Å². The van der Waals surface area contributed by atoms with Gasteiger partial charge in [-0.3, -0.25) is 24.8 Å². The lowest BCUT2D eigenvalue weighted by molar-refractivity contribution is 0.649. The zero-order chi connectivity index (χ0) is 16.5. The fraction of sp³-hybridized carbons (Fsp3) is 0.200. The molecule has 0 aromatic carbocycles. The van der Waals surface area contributed by atoms with Crippen LogP contribution in [0.2, 0.25) is 0 Å². The van der Waals surface area contributed by atoms with Crippen molar-refractivity contribution in [2.45, 2.75) is 13.1 Å². The molecule has 1 rings (SSSR count). The third-order valence-corrected chi connectivity index (χ3v) is 2.40. The van der Waals surface area contributed by atoms with E-state index in [1.165, 1.54) is 29.3 Å². The van der Waals surface area contributed by atoms with Crippen LogP contribution in [0.15, 0.2) is 32.1 Å². The van der Waals surface area contributed by atoms with E-state index in [0.717, 1.165) is 4.57 Å². The number of hydrogen-bond donors (Lipinski definition) is 4. The Labute approximate surface area is 135 Å². The number of nitrogens with zero attached hydrogens (tertiary/aromatic N) is 4. The van der Waals surface area contributed by atoms with E-state index in [9.17, 15) is 9.59 Å². The van der Waals surface area contributed by atoms with Crippen LogP contribution >= 0.6 is 24.4 Å². The molecule has 0 saturated heterocycles. The van der Waals surface area contributed by atoms with Crippen LogP contribution < -0.4 is 33.6 Å². The van der Waals surface area contributed by atoms with Gasteiger partial charge in [0.1, 0.15) is 0 Å². The average molecular weight is 342 g/mol. The maximum absolute atomic E-state index is 12.1. The Hall–Kier alpha value is -2.60. The Morgan fingerprint density at radius 1 is 1.14 bits per heavy atom. The summed E-state index contributed by atoms with van der Waals surface area (Å²) >= 11 is 9.12. The standard InChI is InChI=1S/C10H14N8O2S2/c11-8(21)15-13-2-5-17-4-1-7(19)18(10(17)20)6-3-14-16-9(12)22/h1-4H,5-6H2,(H3,11,15,21)(H3,12,16,22). The summed E-state index contributed by atoms with van der Waals surface area (Å²) in [5.41, 5.74) is 14.1. The molecule has 0 aliphatic heterocycles. The van der Waals surface area contributed by atoms with Gasteiger partial charge in [-0.1, -0.05) is 0 Å². The first-order valence-electron chi connectivity index (χ1n) is 5.86. The van der Waals surface area contributed by atoms with Crippen molar-refractivity contribution >= 4 is 47.1 Å². The zero-order valence-electron chi connectivity index (χ0n) is 11.3. The fourth-order valence-electron chi connectivity index (χ4n) is 1.33. The van der Waals surface area contributed by atoms with E-state index in [-0.39, 0.29) is 23.3 Å². The molecular weight excluding hydrogens is 328 g/mol. The Kier molecular flexibility index (Phi) is 6.85. The molecule has 0 atom stereocenters. The third-order valence-electron chi connectivity index (χ3n) is 2.21. The molecule has 1 heterocycles. The minimum absolute atomic E-state index is 0.00935. The van der Waals surface area contributed by atoms with Crippen LogP contribution in [0.25, 0.3) is 0 Å². The highest BCUT2D eigenvalue weighted by Gasteiger charge is 2.03. The number of rotatable bonds is 6. The van der Waals surface area contributed by atoms with Gasteiger partial charge < -0.3 is 11.5 Å². The molecule has 0 aliphatic rings. The van der Waals surface area contributed by atoms with Gasteiger partial charge in [-0.15, -0.1) is 0 Å². The van der Waals surface area contributed by atoms with E-state index in [0.29, 0.717) is 0 Å². The number of thiocarbonyl (C=S) groups is 2. The van der Waals surface area contributed by atoms with Crippen molar-refractivity contribution in [3.8, 4) is 0 Å². The van der Waals surface area contributed by atoms with E-state index in [1.54, 1.807) is 0 Å². The van der Waals surface area contributed by atoms with Gasteiger partial charge in [-0.25, -0.2) is 4.79 Å². The molecule has 0 bridgehead atoms. The monoisotopic (exact) mass is 342 g/mol. The van der Waals surface area contributed by atoms with Gasteiger partial charge in [0.15, 0.2) is 10.2 Å². The Balaban J connectivity index is 2.84. The van der Waals surface area contributed by atoms with Crippen LogP contribution in [0.1, 0.15) is 0 Å². The second-order valence-electron chi connectivity index (χ2n) is 3.77. The van der Waals surface area contributed by atoms with Crippen molar-refractivity contribution in [1.29, 1.82) is 0 Å². The van der Waals surface area contributed by atoms with Crippen LogP contribution in [0, 0.1) is 0 Å². The number of hydrogen-bond acceptors (Lipinski definition) is 6. The molecule has 0 amide bonds. The van der Waals surface area contributed by atoms with Gasteiger partial charge in [0.2, 0.25) is 0 Å². The molecule has 6 N–H and O–H groups in total. The molecule has 1 aromatic rings. The van der Waals surface area contributed by atoms with Crippen molar-refractivity contribution in [3.63, 3.8) is 0 Å². The molecule has 12 heteroatoms.